The van der Waals surface area contributed by atoms with E-state index >= 15 is 0 Å². The Labute approximate surface area is 178 Å². The highest BCUT2D eigenvalue weighted by Gasteiger charge is 2.28. The summed E-state index contributed by atoms with van der Waals surface area (Å²) in [6.45, 7) is 0.319. The van der Waals surface area contributed by atoms with E-state index in [0.717, 1.165) is 29.8 Å². The van der Waals surface area contributed by atoms with E-state index in [1.165, 1.54) is 12.3 Å². The van der Waals surface area contributed by atoms with E-state index in [9.17, 15) is 18.0 Å². The van der Waals surface area contributed by atoms with E-state index in [-0.39, 0.29) is 11.8 Å². The van der Waals surface area contributed by atoms with Gasteiger partial charge in [-0.3, -0.25) is 9.79 Å². The number of ether oxygens (including phenoxy) is 1. The maximum Gasteiger partial charge on any atom is 0.422 e. The zero-order valence-corrected chi connectivity index (χ0v) is 17.1. The summed E-state index contributed by atoms with van der Waals surface area (Å²) < 4.78 is 41.1. The molecule has 166 valence electrons. The minimum absolute atomic E-state index is 0.0809. The lowest BCUT2D eigenvalue weighted by molar-refractivity contribution is -0.154. The fraction of sp³-hybridized carbons (Fsp3) is 0.381. The van der Waals surface area contributed by atoms with E-state index in [0.29, 0.717) is 25.5 Å². The summed E-state index contributed by atoms with van der Waals surface area (Å²) in [5.74, 6) is 0.642. The monoisotopic (exact) mass is 435 g/mol. The quantitative estimate of drug-likeness (QED) is 0.516. The lowest BCUT2D eigenvalue weighted by Gasteiger charge is -2.16. The van der Waals surface area contributed by atoms with Crippen LogP contribution in [0.4, 0.5) is 18.9 Å². The highest BCUT2D eigenvalue weighted by Crippen LogP contribution is 2.21. The van der Waals surface area contributed by atoms with Crippen LogP contribution >= 0.6 is 0 Å². The maximum atomic E-state index is 12.2. The molecule has 2 aromatic rings. The lowest BCUT2D eigenvalue weighted by Crippen LogP contribution is -2.36. The number of carbonyl (C=O) groups is 1. The van der Waals surface area contributed by atoms with Crippen molar-refractivity contribution in [3.63, 3.8) is 0 Å². The van der Waals surface area contributed by atoms with Gasteiger partial charge >= 0.3 is 6.18 Å². The first-order chi connectivity index (χ1) is 14.8. The Morgan fingerprint density at radius 1 is 1.13 bits per heavy atom. The average molecular weight is 435 g/mol. The van der Waals surface area contributed by atoms with Crippen molar-refractivity contribution < 1.29 is 22.7 Å². The van der Waals surface area contributed by atoms with E-state index in [2.05, 4.69) is 25.3 Å². The third-order valence-corrected chi connectivity index (χ3v) is 4.65. The molecular weight excluding hydrogens is 411 g/mol. The number of alkyl halides is 3. The second-order valence-corrected chi connectivity index (χ2v) is 7.00. The van der Waals surface area contributed by atoms with Crippen LogP contribution in [0.15, 0.2) is 47.6 Å². The van der Waals surface area contributed by atoms with Crippen molar-refractivity contribution in [2.75, 3.05) is 25.1 Å². The topological polar surface area (TPSA) is 78.9 Å². The summed E-state index contributed by atoms with van der Waals surface area (Å²) in [6, 6.07) is 10.8. The van der Waals surface area contributed by atoms with Crippen molar-refractivity contribution >= 4 is 17.6 Å². The Hall–Kier alpha value is -3.30. The van der Waals surface area contributed by atoms with Crippen LogP contribution in [-0.2, 0) is 17.9 Å². The number of halogens is 3. The van der Waals surface area contributed by atoms with Crippen molar-refractivity contribution in [1.82, 2.24) is 15.6 Å². The number of anilines is 1. The van der Waals surface area contributed by atoms with Crippen molar-refractivity contribution in [2.45, 2.75) is 32.1 Å². The first-order valence-corrected chi connectivity index (χ1v) is 9.82. The molecule has 1 aliphatic rings. The molecule has 1 saturated heterocycles. The zero-order chi connectivity index (χ0) is 22.3. The molecule has 1 aromatic carbocycles. The number of hydrogen-bond donors (Lipinski definition) is 2. The maximum absolute atomic E-state index is 12.2. The smallest absolute Gasteiger partial charge is 0.422 e. The number of nitrogens with zero attached hydrogens (tertiary/aromatic N) is 3. The average Bonchev–Trinajstić information content (AvgIpc) is 3.19. The number of aromatic nitrogens is 1. The lowest BCUT2D eigenvalue weighted by atomic mass is 10.2. The molecule has 0 spiro atoms. The Kier molecular flexibility index (Phi) is 7.32. The van der Waals surface area contributed by atoms with Crippen LogP contribution in [0.2, 0.25) is 0 Å². The molecular formula is C21H24F3N5O2. The van der Waals surface area contributed by atoms with Crippen molar-refractivity contribution in [3.05, 3.63) is 53.7 Å². The number of aliphatic imine (C=N–C) groups is 1. The van der Waals surface area contributed by atoms with Crippen LogP contribution in [0.1, 0.15) is 24.0 Å². The number of hydrogen-bond acceptors (Lipinski definition) is 4. The van der Waals surface area contributed by atoms with Crippen molar-refractivity contribution in [3.8, 4) is 5.88 Å². The van der Waals surface area contributed by atoms with Gasteiger partial charge in [0.2, 0.25) is 11.8 Å². The minimum atomic E-state index is -4.40. The zero-order valence-electron chi connectivity index (χ0n) is 17.1. The van der Waals surface area contributed by atoms with Crippen molar-refractivity contribution in [2.24, 2.45) is 4.99 Å². The summed E-state index contributed by atoms with van der Waals surface area (Å²) in [5.41, 5.74) is 2.71. The molecule has 10 heteroatoms. The largest absolute Gasteiger partial charge is 0.468 e. The van der Waals surface area contributed by atoms with Gasteiger partial charge in [-0.15, -0.1) is 0 Å². The molecule has 1 aliphatic heterocycles. The van der Waals surface area contributed by atoms with Gasteiger partial charge in [0.15, 0.2) is 12.6 Å². The second-order valence-electron chi connectivity index (χ2n) is 7.00. The van der Waals surface area contributed by atoms with Crippen LogP contribution in [0.3, 0.4) is 0 Å². The highest BCUT2D eigenvalue weighted by molar-refractivity contribution is 5.95. The number of amides is 1. The molecule has 0 saturated carbocycles. The van der Waals surface area contributed by atoms with Gasteiger partial charge in [-0.05, 0) is 29.7 Å². The number of benzene rings is 1. The van der Waals surface area contributed by atoms with Crippen LogP contribution in [0, 0.1) is 0 Å². The SMILES string of the molecule is CN=C(NCc1ccc(N2CCCC2=O)cc1)NCc1ccc(OCC(F)(F)F)nc1. The molecule has 3 rings (SSSR count). The second kappa shape index (κ2) is 10.1. The Morgan fingerprint density at radius 2 is 1.81 bits per heavy atom. The fourth-order valence-corrected chi connectivity index (χ4v) is 3.06. The number of guanidine groups is 1. The van der Waals surface area contributed by atoms with Gasteiger partial charge in [0.05, 0.1) is 0 Å². The summed E-state index contributed by atoms with van der Waals surface area (Å²) in [6.07, 6.45) is -1.45. The van der Waals surface area contributed by atoms with Gasteiger partial charge in [-0.25, -0.2) is 4.98 Å². The van der Waals surface area contributed by atoms with Gasteiger partial charge in [-0.1, -0.05) is 18.2 Å². The minimum Gasteiger partial charge on any atom is -0.468 e. The molecule has 7 nitrogen and oxygen atoms in total. The standard InChI is InChI=1S/C21H24F3N5O2/c1-25-20(28-13-16-6-9-18(26-12-16)31-14-21(22,23)24)27-11-15-4-7-17(8-5-15)29-10-2-3-19(29)30/h4-9,12H,2-3,10-11,13-14H2,1H3,(H2,25,27,28). The van der Waals surface area contributed by atoms with Crippen LogP contribution in [-0.4, -0.2) is 43.2 Å². The third kappa shape index (κ3) is 6.87. The Morgan fingerprint density at radius 3 is 2.35 bits per heavy atom. The molecule has 1 amide bonds. The number of pyridine rings is 1. The number of rotatable bonds is 7. The van der Waals surface area contributed by atoms with Gasteiger partial charge < -0.3 is 20.3 Å². The van der Waals surface area contributed by atoms with E-state index < -0.39 is 12.8 Å². The predicted octanol–water partition coefficient (Wildman–Crippen LogP) is 3.01. The summed E-state index contributed by atoms with van der Waals surface area (Å²) in [5, 5.41) is 6.31. The summed E-state index contributed by atoms with van der Waals surface area (Å²) in [7, 11) is 1.64. The molecule has 2 N–H and O–H groups in total. The number of carbonyl (C=O) groups excluding carboxylic acids is 1. The van der Waals surface area contributed by atoms with Gasteiger partial charge in [-0.2, -0.15) is 13.2 Å². The molecule has 1 aromatic heterocycles. The van der Waals surface area contributed by atoms with Crippen LogP contribution in [0.5, 0.6) is 5.88 Å². The molecule has 1 fully saturated rings. The summed E-state index contributed by atoms with van der Waals surface area (Å²) in [4.78, 5) is 21.7. The Balaban J connectivity index is 1.45. The first-order valence-electron chi connectivity index (χ1n) is 9.82. The van der Waals surface area contributed by atoms with E-state index in [4.69, 9.17) is 0 Å². The fourth-order valence-electron chi connectivity index (χ4n) is 3.06. The van der Waals surface area contributed by atoms with Crippen LogP contribution in [0.25, 0.3) is 0 Å². The normalized spacial score (nSPS) is 14.6. The molecule has 0 bridgehead atoms. The highest BCUT2D eigenvalue weighted by atomic mass is 19.4. The van der Waals surface area contributed by atoms with Gasteiger partial charge in [0, 0.05) is 51.1 Å². The van der Waals surface area contributed by atoms with Crippen molar-refractivity contribution in [1.29, 1.82) is 0 Å². The predicted molar refractivity (Wildman–Crippen MR) is 111 cm³/mol. The Bertz CT molecular complexity index is 899. The molecule has 0 aliphatic carbocycles. The van der Waals surface area contributed by atoms with E-state index in [1.54, 1.807) is 18.0 Å². The molecule has 0 unspecified atom stereocenters. The van der Waals surface area contributed by atoms with Gasteiger partial charge in [0.1, 0.15) is 0 Å². The molecule has 0 radical (unpaired) electrons. The van der Waals surface area contributed by atoms with Crippen LogP contribution < -0.4 is 20.3 Å². The molecule has 0 atom stereocenters. The third-order valence-electron chi connectivity index (χ3n) is 4.65. The van der Waals surface area contributed by atoms with Gasteiger partial charge in [0.25, 0.3) is 0 Å². The summed E-state index contributed by atoms with van der Waals surface area (Å²) >= 11 is 0. The number of nitrogens with one attached hydrogen (secondary N) is 2. The molecule has 2 heterocycles. The first kappa shape index (κ1) is 22.4. The molecule has 31 heavy (non-hydrogen) atoms. The van der Waals surface area contributed by atoms with E-state index in [1.807, 2.05) is 24.3 Å².